The van der Waals surface area contributed by atoms with E-state index in [1.54, 1.807) is 0 Å². The van der Waals surface area contributed by atoms with E-state index in [9.17, 15) is 9.90 Å². The molecule has 5 aromatic carbocycles. The van der Waals surface area contributed by atoms with Gasteiger partial charge in [-0.3, -0.25) is 4.79 Å². The van der Waals surface area contributed by atoms with Crippen LogP contribution < -0.4 is 5.43 Å². The summed E-state index contributed by atoms with van der Waals surface area (Å²) >= 11 is 0. The fourth-order valence-corrected chi connectivity index (χ4v) is 4.31. The van der Waals surface area contributed by atoms with Crippen molar-refractivity contribution in [2.75, 3.05) is 0 Å². The fraction of sp³-hybridized carbons (Fsp3) is 0. The van der Waals surface area contributed by atoms with Crippen molar-refractivity contribution in [2.45, 2.75) is 0 Å². The van der Waals surface area contributed by atoms with Crippen LogP contribution in [-0.2, 0) is 0 Å². The highest BCUT2D eigenvalue weighted by Crippen LogP contribution is 2.42. The van der Waals surface area contributed by atoms with Gasteiger partial charge in [0.15, 0.2) is 5.43 Å². The zero-order chi connectivity index (χ0) is 18.8. The number of aromatic hydroxyl groups is 1. The largest absolute Gasteiger partial charge is 0.507 e. The van der Waals surface area contributed by atoms with E-state index >= 15 is 0 Å². The molecule has 0 saturated heterocycles. The van der Waals surface area contributed by atoms with Crippen LogP contribution in [0.4, 0.5) is 0 Å². The van der Waals surface area contributed by atoms with E-state index in [2.05, 4.69) is 0 Å². The van der Waals surface area contributed by atoms with Crippen LogP contribution >= 0.6 is 0 Å². The molecule has 132 valence electrons. The summed E-state index contributed by atoms with van der Waals surface area (Å²) in [7, 11) is 0. The van der Waals surface area contributed by atoms with E-state index in [1.165, 1.54) is 0 Å². The van der Waals surface area contributed by atoms with E-state index in [1.807, 2.05) is 78.9 Å². The second kappa shape index (κ2) is 5.33. The minimum absolute atomic E-state index is 0.0197. The molecule has 0 spiro atoms. The molecular weight excluding hydrogens is 348 g/mol. The Bertz CT molecular complexity index is 1580. The van der Waals surface area contributed by atoms with Gasteiger partial charge in [0.05, 0.1) is 5.56 Å². The number of phenolic OH excluding ortho intramolecular Hbond substituents is 1. The average Bonchev–Trinajstić information content (AvgIpc) is 2.74. The number of hydrogen-bond acceptors (Lipinski definition) is 3. The highest BCUT2D eigenvalue weighted by molar-refractivity contribution is 6.28. The minimum atomic E-state index is -0.168. The Labute approximate surface area is 159 Å². The molecule has 0 radical (unpaired) electrons. The molecule has 0 saturated carbocycles. The molecule has 1 heterocycles. The Kier molecular flexibility index (Phi) is 2.90. The highest BCUT2D eigenvalue weighted by atomic mass is 16.3. The first-order valence-electron chi connectivity index (χ1n) is 9.15. The summed E-state index contributed by atoms with van der Waals surface area (Å²) in [4.78, 5) is 13.3. The van der Waals surface area contributed by atoms with E-state index in [0.717, 1.165) is 27.1 Å². The van der Waals surface area contributed by atoms with Crippen molar-refractivity contribution in [3.8, 4) is 16.9 Å². The number of phenols is 1. The van der Waals surface area contributed by atoms with Crippen LogP contribution in [0.2, 0.25) is 0 Å². The quantitative estimate of drug-likeness (QED) is 0.286. The van der Waals surface area contributed by atoms with Crippen molar-refractivity contribution in [1.82, 2.24) is 0 Å². The van der Waals surface area contributed by atoms with Crippen molar-refractivity contribution in [3.63, 3.8) is 0 Å². The second-order valence-corrected chi connectivity index (χ2v) is 7.04. The third-order valence-electron chi connectivity index (χ3n) is 5.55. The molecule has 0 bridgehead atoms. The molecule has 0 aliphatic carbocycles. The summed E-state index contributed by atoms with van der Waals surface area (Å²) < 4.78 is 6.10. The van der Waals surface area contributed by atoms with Gasteiger partial charge in [-0.2, -0.15) is 0 Å². The summed E-state index contributed by atoms with van der Waals surface area (Å²) in [6.07, 6.45) is 0. The summed E-state index contributed by atoms with van der Waals surface area (Å²) in [5, 5.41) is 15.9. The van der Waals surface area contributed by atoms with Gasteiger partial charge in [-0.05, 0) is 35.2 Å². The van der Waals surface area contributed by atoms with Gasteiger partial charge in [0.2, 0.25) is 0 Å². The topological polar surface area (TPSA) is 50.4 Å². The molecule has 0 unspecified atom stereocenters. The van der Waals surface area contributed by atoms with Crippen LogP contribution in [0.5, 0.6) is 5.75 Å². The first kappa shape index (κ1) is 15.2. The van der Waals surface area contributed by atoms with Crippen molar-refractivity contribution >= 4 is 43.5 Å². The van der Waals surface area contributed by atoms with E-state index in [4.69, 9.17) is 4.42 Å². The number of rotatable bonds is 1. The molecule has 0 atom stereocenters. The highest BCUT2D eigenvalue weighted by Gasteiger charge is 2.21. The molecule has 28 heavy (non-hydrogen) atoms. The summed E-state index contributed by atoms with van der Waals surface area (Å²) in [6, 6.07) is 24.7. The van der Waals surface area contributed by atoms with Gasteiger partial charge < -0.3 is 9.52 Å². The summed E-state index contributed by atoms with van der Waals surface area (Å²) in [5.74, 6) is 0.0197. The fourth-order valence-electron chi connectivity index (χ4n) is 4.31. The maximum Gasteiger partial charge on any atom is 0.198 e. The molecule has 3 heteroatoms. The predicted molar refractivity (Wildman–Crippen MR) is 113 cm³/mol. The SMILES string of the molecule is O=c1c(-c2ccccc2)c(O)c2ccc3oc4ccccc4c4ccc1c2c34. The lowest BCUT2D eigenvalue weighted by molar-refractivity contribution is 0.483. The maximum atomic E-state index is 13.3. The summed E-state index contributed by atoms with van der Waals surface area (Å²) in [5.41, 5.74) is 2.39. The standard InChI is InChI=1S/C25H14O3/c26-24-17-11-10-16-15-8-4-5-9-19(15)28-20-13-12-18(22(17)23(16)20)25(27)21(24)14-6-2-1-3-7-14/h1-13,27H. The van der Waals surface area contributed by atoms with Gasteiger partial charge in [-0.1, -0.05) is 54.6 Å². The molecular formula is C25H14O3. The lowest BCUT2D eigenvalue weighted by atomic mass is 9.91. The molecule has 0 fully saturated rings. The molecule has 1 N–H and O–H groups in total. The van der Waals surface area contributed by atoms with Gasteiger partial charge in [-0.25, -0.2) is 0 Å². The Morgan fingerprint density at radius 3 is 2.18 bits per heavy atom. The monoisotopic (exact) mass is 362 g/mol. The van der Waals surface area contributed by atoms with Crippen LogP contribution in [0.25, 0.3) is 54.6 Å². The van der Waals surface area contributed by atoms with Crippen molar-refractivity contribution in [1.29, 1.82) is 0 Å². The molecule has 0 aliphatic heterocycles. The Morgan fingerprint density at radius 1 is 0.607 bits per heavy atom. The second-order valence-electron chi connectivity index (χ2n) is 7.04. The van der Waals surface area contributed by atoms with Gasteiger partial charge in [-0.15, -0.1) is 0 Å². The Hall–Kier alpha value is -3.85. The zero-order valence-corrected chi connectivity index (χ0v) is 14.8. The number of benzene rings is 5. The lowest BCUT2D eigenvalue weighted by Crippen LogP contribution is -2.06. The van der Waals surface area contributed by atoms with E-state index < -0.39 is 0 Å². The van der Waals surface area contributed by atoms with Gasteiger partial charge >= 0.3 is 0 Å². The molecule has 6 rings (SSSR count). The Morgan fingerprint density at radius 2 is 1.32 bits per heavy atom. The van der Waals surface area contributed by atoms with E-state index in [0.29, 0.717) is 27.5 Å². The first-order valence-corrected chi connectivity index (χ1v) is 9.15. The Balaban J connectivity index is 1.88. The van der Waals surface area contributed by atoms with Crippen LogP contribution in [0.3, 0.4) is 0 Å². The zero-order valence-electron chi connectivity index (χ0n) is 14.8. The summed E-state index contributed by atoms with van der Waals surface area (Å²) in [6.45, 7) is 0. The minimum Gasteiger partial charge on any atom is -0.507 e. The lowest BCUT2D eigenvalue weighted by Gasteiger charge is -2.15. The number of fused-ring (bicyclic) bond motifs is 2. The van der Waals surface area contributed by atoms with E-state index in [-0.39, 0.29) is 11.2 Å². The first-order chi connectivity index (χ1) is 13.7. The molecule has 3 nitrogen and oxygen atoms in total. The molecule has 6 aromatic rings. The third kappa shape index (κ3) is 1.85. The smallest absolute Gasteiger partial charge is 0.198 e. The van der Waals surface area contributed by atoms with Gasteiger partial charge in [0.1, 0.15) is 16.9 Å². The van der Waals surface area contributed by atoms with Crippen LogP contribution in [0.1, 0.15) is 0 Å². The third-order valence-corrected chi connectivity index (χ3v) is 5.55. The van der Waals surface area contributed by atoms with Crippen LogP contribution in [-0.4, -0.2) is 5.11 Å². The molecule has 1 aromatic heterocycles. The predicted octanol–water partition coefficient (Wildman–Crippen LogP) is 6.06. The van der Waals surface area contributed by atoms with Gasteiger partial charge in [0, 0.05) is 26.9 Å². The van der Waals surface area contributed by atoms with Crippen molar-refractivity contribution in [2.24, 2.45) is 0 Å². The number of hydrogen-bond donors (Lipinski definition) is 1. The number of para-hydroxylation sites is 1. The van der Waals surface area contributed by atoms with Crippen molar-refractivity contribution in [3.05, 3.63) is 89.1 Å². The average molecular weight is 362 g/mol. The molecule has 0 amide bonds. The maximum absolute atomic E-state index is 13.3. The van der Waals surface area contributed by atoms with Crippen LogP contribution in [0, 0.1) is 0 Å². The normalized spacial score (nSPS) is 11.9. The van der Waals surface area contributed by atoms with Crippen molar-refractivity contribution < 1.29 is 9.52 Å². The van der Waals surface area contributed by atoms with Crippen LogP contribution in [0.15, 0.2) is 88.1 Å². The van der Waals surface area contributed by atoms with Gasteiger partial charge in [0.25, 0.3) is 0 Å². The molecule has 0 aliphatic rings.